The highest BCUT2D eigenvalue weighted by Crippen LogP contribution is 2.19. The van der Waals surface area contributed by atoms with Gasteiger partial charge in [-0.25, -0.2) is 4.39 Å². The number of benzene rings is 2. The average molecular weight is 402 g/mol. The van der Waals surface area contributed by atoms with E-state index in [4.69, 9.17) is 5.73 Å². The number of carbonyl (C=O) groups excluding carboxylic acids is 1. The summed E-state index contributed by atoms with van der Waals surface area (Å²) in [5.74, 6) is -0.709. The fourth-order valence-corrected chi connectivity index (χ4v) is 2.44. The van der Waals surface area contributed by atoms with Crippen LogP contribution in [-0.4, -0.2) is 5.91 Å². The Balaban J connectivity index is 2.12. The average Bonchev–Trinajstić information content (AvgIpc) is 2.42. The first-order valence-electron chi connectivity index (χ1n) is 5.74. The fourth-order valence-electron chi connectivity index (χ4n) is 1.67. The zero-order valence-corrected chi connectivity index (χ0v) is 13.5. The van der Waals surface area contributed by atoms with Crippen LogP contribution in [0.2, 0.25) is 0 Å². The lowest BCUT2D eigenvalue weighted by molar-refractivity contribution is 0.0951. The zero-order chi connectivity index (χ0) is 14.7. The van der Waals surface area contributed by atoms with E-state index in [9.17, 15) is 9.18 Å². The van der Waals surface area contributed by atoms with Crippen LogP contribution in [0.5, 0.6) is 0 Å². The molecule has 3 nitrogen and oxygen atoms in total. The van der Waals surface area contributed by atoms with Crippen LogP contribution in [0, 0.1) is 5.82 Å². The molecule has 6 heteroatoms. The van der Waals surface area contributed by atoms with Crippen LogP contribution in [0.1, 0.15) is 15.9 Å². The van der Waals surface area contributed by atoms with E-state index in [2.05, 4.69) is 37.2 Å². The summed E-state index contributed by atoms with van der Waals surface area (Å²) in [5.41, 5.74) is 6.89. The fraction of sp³-hybridized carbons (Fsp3) is 0.0714. The van der Waals surface area contributed by atoms with Crippen LogP contribution in [0.3, 0.4) is 0 Å². The third-order valence-corrected chi connectivity index (χ3v) is 3.69. The van der Waals surface area contributed by atoms with Gasteiger partial charge in [0, 0.05) is 26.7 Å². The third-order valence-electron chi connectivity index (χ3n) is 2.71. The number of hydrogen-bond acceptors (Lipinski definition) is 2. The summed E-state index contributed by atoms with van der Waals surface area (Å²) in [6, 6.07) is 9.59. The molecular weight excluding hydrogens is 391 g/mol. The maximum absolute atomic E-state index is 13.6. The second-order valence-corrected chi connectivity index (χ2v) is 5.98. The molecule has 0 spiro atoms. The highest BCUT2D eigenvalue weighted by Gasteiger charge is 2.11. The molecule has 0 aliphatic heterocycles. The van der Waals surface area contributed by atoms with E-state index < -0.39 is 0 Å². The Hall–Kier alpha value is -1.40. The van der Waals surface area contributed by atoms with Crippen molar-refractivity contribution in [1.29, 1.82) is 0 Å². The Bertz CT molecular complexity index is 662. The van der Waals surface area contributed by atoms with Crippen LogP contribution >= 0.6 is 31.9 Å². The van der Waals surface area contributed by atoms with Gasteiger partial charge in [-0.1, -0.05) is 31.9 Å². The molecule has 0 aliphatic carbocycles. The third kappa shape index (κ3) is 3.58. The number of carbonyl (C=O) groups is 1. The van der Waals surface area contributed by atoms with Gasteiger partial charge in [0.25, 0.3) is 5.91 Å². The standard InChI is InChI=1S/C14H11Br2FN2O/c15-9-1-3-12(17)8(5-9)7-19-14(20)11-6-10(16)2-4-13(11)18/h1-6H,7,18H2,(H,19,20). The van der Waals surface area contributed by atoms with Gasteiger partial charge in [-0.15, -0.1) is 0 Å². The Morgan fingerprint density at radius 2 is 1.80 bits per heavy atom. The Morgan fingerprint density at radius 3 is 2.55 bits per heavy atom. The summed E-state index contributed by atoms with van der Waals surface area (Å²) in [6.45, 7) is 0.0933. The van der Waals surface area contributed by atoms with Crippen molar-refractivity contribution >= 4 is 43.5 Å². The summed E-state index contributed by atoms with van der Waals surface area (Å²) in [5, 5.41) is 2.65. The Kier molecular flexibility index (Phi) is 4.77. The highest BCUT2D eigenvalue weighted by atomic mass is 79.9. The van der Waals surface area contributed by atoms with Gasteiger partial charge >= 0.3 is 0 Å². The van der Waals surface area contributed by atoms with Crippen LogP contribution < -0.4 is 11.1 Å². The molecule has 2 aromatic carbocycles. The topological polar surface area (TPSA) is 55.1 Å². The number of anilines is 1. The number of halogens is 3. The lowest BCUT2D eigenvalue weighted by atomic mass is 10.1. The quantitative estimate of drug-likeness (QED) is 0.767. The molecule has 104 valence electrons. The van der Waals surface area contributed by atoms with Crippen LogP contribution in [-0.2, 0) is 6.54 Å². The van der Waals surface area contributed by atoms with Crippen molar-refractivity contribution in [2.24, 2.45) is 0 Å². The monoisotopic (exact) mass is 400 g/mol. The Morgan fingerprint density at radius 1 is 1.15 bits per heavy atom. The summed E-state index contributed by atoms with van der Waals surface area (Å²) >= 11 is 6.54. The van der Waals surface area contributed by atoms with Gasteiger partial charge in [-0.05, 0) is 36.4 Å². The molecule has 3 N–H and O–H groups in total. The maximum atomic E-state index is 13.6. The van der Waals surface area contributed by atoms with Crippen molar-refractivity contribution in [2.45, 2.75) is 6.54 Å². The number of nitrogens with one attached hydrogen (secondary N) is 1. The van der Waals surface area contributed by atoms with Gasteiger partial charge in [0.05, 0.1) is 5.56 Å². The van der Waals surface area contributed by atoms with Gasteiger partial charge < -0.3 is 11.1 Å². The minimum Gasteiger partial charge on any atom is -0.398 e. The first-order chi connectivity index (χ1) is 9.47. The van der Waals surface area contributed by atoms with Crippen LogP contribution in [0.15, 0.2) is 45.3 Å². The van der Waals surface area contributed by atoms with E-state index in [0.717, 1.165) is 8.95 Å². The normalized spacial score (nSPS) is 10.3. The molecule has 0 saturated heterocycles. The molecule has 0 fully saturated rings. The number of hydrogen-bond donors (Lipinski definition) is 2. The number of nitrogen functional groups attached to an aromatic ring is 1. The largest absolute Gasteiger partial charge is 0.398 e. The molecule has 2 rings (SSSR count). The first kappa shape index (κ1) is 15.0. The SMILES string of the molecule is Nc1ccc(Br)cc1C(=O)NCc1cc(Br)ccc1F. The van der Waals surface area contributed by atoms with Gasteiger partial charge in [0.1, 0.15) is 5.82 Å². The molecule has 1 amide bonds. The van der Waals surface area contributed by atoms with Crippen molar-refractivity contribution in [3.8, 4) is 0 Å². The molecule has 0 radical (unpaired) electrons. The summed E-state index contributed by atoms with van der Waals surface area (Å²) < 4.78 is 15.1. The van der Waals surface area contributed by atoms with Crippen LogP contribution in [0.4, 0.5) is 10.1 Å². The van der Waals surface area contributed by atoms with Crippen molar-refractivity contribution in [3.63, 3.8) is 0 Å². The molecule has 0 saturated carbocycles. The van der Waals surface area contributed by atoms with Crippen molar-refractivity contribution in [3.05, 3.63) is 62.3 Å². The molecular formula is C14H11Br2FN2O. The molecule has 0 unspecified atom stereocenters. The summed E-state index contributed by atoms with van der Waals surface area (Å²) in [6.07, 6.45) is 0. The smallest absolute Gasteiger partial charge is 0.253 e. The molecule has 20 heavy (non-hydrogen) atoms. The van der Waals surface area contributed by atoms with Crippen molar-refractivity contribution < 1.29 is 9.18 Å². The predicted octanol–water partition coefficient (Wildman–Crippen LogP) is 3.86. The van der Waals surface area contributed by atoms with E-state index in [-0.39, 0.29) is 18.3 Å². The first-order valence-corrected chi connectivity index (χ1v) is 7.33. The number of rotatable bonds is 3. The van der Waals surface area contributed by atoms with Crippen molar-refractivity contribution in [2.75, 3.05) is 5.73 Å². The van der Waals surface area contributed by atoms with E-state index in [0.29, 0.717) is 16.8 Å². The molecule has 0 bridgehead atoms. The highest BCUT2D eigenvalue weighted by molar-refractivity contribution is 9.10. The summed E-state index contributed by atoms with van der Waals surface area (Å²) in [7, 11) is 0. The minimum atomic E-state index is -0.365. The van der Waals surface area contributed by atoms with Crippen LogP contribution in [0.25, 0.3) is 0 Å². The minimum absolute atomic E-state index is 0.0933. The van der Waals surface area contributed by atoms with Gasteiger partial charge in [0.2, 0.25) is 0 Å². The van der Waals surface area contributed by atoms with E-state index in [1.54, 1.807) is 30.3 Å². The zero-order valence-electron chi connectivity index (χ0n) is 10.3. The number of amides is 1. The van der Waals surface area contributed by atoms with Gasteiger partial charge in [-0.2, -0.15) is 0 Å². The van der Waals surface area contributed by atoms with Gasteiger partial charge in [-0.3, -0.25) is 4.79 Å². The lowest BCUT2D eigenvalue weighted by Gasteiger charge is -2.09. The van der Waals surface area contributed by atoms with Gasteiger partial charge in [0.15, 0.2) is 0 Å². The van der Waals surface area contributed by atoms with E-state index in [1.165, 1.54) is 6.07 Å². The molecule has 0 atom stereocenters. The maximum Gasteiger partial charge on any atom is 0.253 e. The Labute approximate surface area is 132 Å². The lowest BCUT2D eigenvalue weighted by Crippen LogP contribution is -2.24. The second kappa shape index (κ2) is 6.37. The predicted molar refractivity (Wildman–Crippen MR) is 83.8 cm³/mol. The molecule has 0 aromatic heterocycles. The van der Waals surface area contributed by atoms with E-state index >= 15 is 0 Å². The molecule has 0 heterocycles. The molecule has 2 aromatic rings. The van der Waals surface area contributed by atoms with Crippen molar-refractivity contribution in [1.82, 2.24) is 5.32 Å². The number of nitrogens with two attached hydrogens (primary N) is 1. The van der Waals surface area contributed by atoms with E-state index in [1.807, 2.05) is 0 Å². The molecule has 0 aliphatic rings. The second-order valence-electron chi connectivity index (χ2n) is 4.15. The summed E-state index contributed by atoms with van der Waals surface area (Å²) in [4.78, 5) is 12.0.